The van der Waals surface area contributed by atoms with Gasteiger partial charge in [0.05, 0.1) is 12.1 Å². The second-order valence-electron chi connectivity index (χ2n) is 1.56. The first-order valence-electron chi connectivity index (χ1n) is 2.69. The smallest absolute Gasteiger partial charge is 0.330 e. The fraction of sp³-hybridized carbons (Fsp3) is 0.125. The molecule has 0 radical (unpaired) electrons. The molecule has 0 atom stereocenters. The zero-order valence-electron chi connectivity index (χ0n) is 6.29. The molecule has 0 aliphatic carbocycles. The van der Waals surface area contributed by atoms with Crippen molar-refractivity contribution in [1.82, 2.24) is 0 Å². The molecule has 0 fully saturated rings. The van der Waals surface area contributed by atoms with Gasteiger partial charge in [0, 0.05) is 5.57 Å². The van der Waals surface area contributed by atoms with Gasteiger partial charge in [0.1, 0.15) is 0 Å². The van der Waals surface area contributed by atoms with Gasteiger partial charge in [-0.1, -0.05) is 13.2 Å². The standard InChI is InChI=1S/C4H3N.C4H6O2/c1-2-3-4-5;1-3(2)4(5)6/h3H,1H2;1H2,2H3,(H,5,6). The van der Waals surface area contributed by atoms with Gasteiger partial charge < -0.3 is 5.11 Å². The van der Waals surface area contributed by atoms with Crippen LogP contribution in [0.15, 0.2) is 30.5 Å². The maximum atomic E-state index is 9.60. The van der Waals surface area contributed by atoms with Crippen LogP contribution in [0.25, 0.3) is 0 Å². The number of rotatable bonds is 1. The van der Waals surface area contributed by atoms with Crippen LogP contribution in [0.1, 0.15) is 6.92 Å². The van der Waals surface area contributed by atoms with E-state index in [1.165, 1.54) is 13.0 Å². The third-order valence-corrected chi connectivity index (χ3v) is 0.532. The number of carboxylic acid groups (broad SMARTS) is 1. The highest BCUT2D eigenvalue weighted by Gasteiger charge is 1.90. The van der Waals surface area contributed by atoms with Crippen LogP contribution in [0.4, 0.5) is 0 Å². The SMILES string of the molecule is C=C(C)C(=O)O.C=C=CC#N. The summed E-state index contributed by atoms with van der Waals surface area (Å²) >= 11 is 0. The Morgan fingerprint density at radius 3 is 2.09 bits per heavy atom. The molecule has 1 N–H and O–H groups in total. The summed E-state index contributed by atoms with van der Waals surface area (Å²) in [6, 6.07) is 1.72. The minimum Gasteiger partial charge on any atom is -0.478 e. The first kappa shape index (κ1) is 12.0. The topological polar surface area (TPSA) is 61.1 Å². The Labute approximate surface area is 65.6 Å². The number of hydrogen-bond acceptors (Lipinski definition) is 2. The average molecular weight is 151 g/mol. The molecular formula is C8H9NO2. The molecule has 0 unspecified atom stereocenters. The lowest BCUT2D eigenvalue weighted by molar-refractivity contribution is -0.132. The Bertz CT molecular complexity index is 217. The highest BCUT2D eigenvalue weighted by Crippen LogP contribution is 1.81. The van der Waals surface area contributed by atoms with Gasteiger partial charge in [0.2, 0.25) is 0 Å². The molecule has 0 spiro atoms. The molecule has 0 heterocycles. The number of nitriles is 1. The third kappa shape index (κ3) is 17.9. The van der Waals surface area contributed by atoms with E-state index in [9.17, 15) is 4.79 Å². The molecule has 0 aliphatic heterocycles. The average Bonchev–Trinajstić information content (AvgIpc) is 1.90. The summed E-state index contributed by atoms with van der Waals surface area (Å²) < 4.78 is 0. The normalized spacial score (nSPS) is 5.82. The van der Waals surface area contributed by atoms with Crippen LogP contribution in [0.2, 0.25) is 0 Å². The number of carboxylic acids is 1. The van der Waals surface area contributed by atoms with Crippen molar-refractivity contribution in [3.8, 4) is 6.07 Å². The van der Waals surface area contributed by atoms with Crippen LogP contribution in [0.5, 0.6) is 0 Å². The molecule has 0 aromatic rings. The maximum Gasteiger partial charge on any atom is 0.330 e. The number of allylic oxidation sites excluding steroid dienone is 1. The van der Waals surface area contributed by atoms with E-state index in [0.717, 1.165) is 0 Å². The van der Waals surface area contributed by atoms with E-state index in [0.29, 0.717) is 0 Å². The lowest BCUT2D eigenvalue weighted by atomic mass is 10.4. The lowest BCUT2D eigenvalue weighted by Gasteiger charge is -1.79. The monoisotopic (exact) mass is 151 g/mol. The fourth-order valence-electron chi connectivity index (χ4n) is 0.0456. The van der Waals surface area contributed by atoms with Gasteiger partial charge in [0.25, 0.3) is 0 Å². The second kappa shape index (κ2) is 8.22. The molecule has 3 nitrogen and oxygen atoms in total. The number of aliphatic carboxylic acids is 1. The quantitative estimate of drug-likeness (QED) is 0.351. The Hall–Kier alpha value is -1.78. The Kier molecular flexibility index (Phi) is 8.93. The lowest BCUT2D eigenvalue weighted by Crippen LogP contribution is -1.92. The molecule has 0 bridgehead atoms. The van der Waals surface area contributed by atoms with E-state index >= 15 is 0 Å². The van der Waals surface area contributed by atoms with Gasteiger partial charge in [-0.05, 0) is 6.92 Å². The molecule has 3 heteroatoms. The van der Waals surface area contributed by atoms with Gasteiger partial charge in [0.15, 0.2) is 0 Å². The van der Waals surface area contributed by atoms with Crippen molar-refractivity contribution in [3.63, 3.8) is 0 Å². The predicted molar refractivity (Wildman–Crippen MR) is 41.8 cm³/mol. The second-order valence-corrected chi connectivity index (χ2v) is 1.56. The van der Waals surface area contributed by atoms with E-state index in [2.05, 4.69) is 18.9 Å². The minimum absolute atomic E-state index is 0.176. The summed E-state index contributed by atoms with van der Waals surface area (Å²) in [6.45, 7) is 7.75. The number of nitrogens with zero attached hydrogens (tertiary/aromatic N) is 1. The molecule has 0 rings (SSSR count). The van der Waals surface area contributed by atoms with Crippen molar-refractivity contribution >= 4 is 5.97 Å². The fourth-order valence-corrected chi connectivity index (χ4v) is 0.0456. The van der Waals surface area contributed by atoms with Gasteiger partial charge in [-0.2, -0.15) is 5.26 Å². The summed E-state index contributed by atoms with van der Waals surface area (Å²) in [6.07, 6.45) is 1.19. The van der Waals surface area contributed by atoms with E-state index < -0.39 is 5.97 Å². The Morgan fingerprint density at radius 1 is 1.73 bits per heavy atom. The first-order valence-corrected chi connectivity index (χ1v) is 2.69. The zero-order chi connectivity index (χ0) is 9.28. The molecule has 0 aliphatic rings. The summed E-state index contributed by atoms with van der Waals surface area (Å²) in [5.74, 6) is -0.935. The zero-order valence-corrected chi connectivity index (χ0v) is 6.29. The molecule has 0 aromatic carbocycles. The van der Waals surface area contributed by atoms with Crippen LogP contribution < -0.4 is 0 Å². The van der Waals surface area contributed by atoms with Crippen LogP contribution in [0.3, 0.4) is 0 Å². The highest BCUT2D eigenvalue weighted by molar-refractivity contribution is 5.84. The molecule has 58 valence electrons. The van der Waals surface area contributed by atoms with Crippen LogP contribution in [0, 0.1) is 11.3 Å². The van der Waals surface area contributed by atoms with Gasteiger partial charge in [-0.15, -0.1) is 5.73 Å². The van der Waals surface area contributed by atoms with Gasteiger partial charge >= 0.3 is 5.97 Å². The largest absolute Gasteiger partial charge is 0.478 e. The van der Waals surface area contributed by atoms with E-state index in [4.69, 9.17) is 10.4 Å². The molecular weight excluding hydrogens is 142 g/mol. The summed E-state index contributed by atoms with van der Waals surface area (Å²) in [4.78, 5) is 9.60. The summed E-state index contributed by atoms with van der Waals surface area (Å²) in [7, 11) is 0. The van der Waals surface area contributed by atoms with E-state index in [1.807, 2.05) is 0 Å². The molecule has 0 aromatic heterocycles. The molecule has 0 amide bonds. The maximum absolute atomic E-state index is 9.60. The highest BCUT2D eigenvalue weighted by atomic mass is 16.4. The van der Waals surface area contributed by atoms with Crippen LogP contribution >= 0.6 is 0 Å². The molecule has 0 saturated heterocycles. The van der Waals surface area contributed by atoms with Crippen LogP contribution in [-0.2, 0) is 4.79 Å². The summed E-state index contributed by atoms with van der Waals surface area (Å²) in [5, 5.41) is 15.5. The Morgan fingerprint density at radius 2 is 2.09 bits per heavy atom. The number of carbonyl (C=O) groups is 1. The van der Waals surface area contributed by atoms with Gasteiger partial charge in [-0.25, -0.2) is 4.79 Å². The van der Waals surface area contributed by atoms with Crippen molar-refractivity contribution < 1.29 is 9.90 Å². The van der Waals surface area contributed by atoms with Crippen molar-refractivity contribution in [2.75, 3.05) is 0 Å². The molecule has 0 saturated carbocycles. The van der Waals surface area contributed by atoms with Crippen molar-refractivity contribution in [2.45, 2.75) is 6.92 Å². The summed E-state index contributed by atoms with van der Waals surface area (Å²) in [5.41, 5.74) is 2.46. The van der Waals surface area contributed by atoms with Crippen LogP contribution in [-0.4, -0.2) is 11.1 Å². The first-order chi connectivity index (χ1) is 5.06. The molecule has 11 heavy (non-hydrogen) atoms. The van der Waals surface area contributed by atoms with Crippen molar-refractivity contribution in [3.05, 3.63) is 30.5 Å². The van der Waals surface area contributed by atoms with Crippen molar-refractivity contribution in [1.29, 1.82) is 5.26 Å². The Balaban J connectivity index is 0. The third-order valence-electron chi connectivity index (χ3n) is 0.532. The predicted octanol–water partition coefficient (Wildman–Crippen LogP) is 1.50. The van der Waals surface area contributed by atoms with Gasteiger partial charge in [-0.3, -0.25) is 0 Å². The van der Waals surface area contributed by atoms with E-state index in [-0.39, 0.29) is 5.57 Å². The van der Waals surface area contributed by atoms with Crippen molar-refractivity contribution in [2.24, 2.45) is 0 Å². The number of hydrogen-bond donors (Lipinski definition) is 1. The minimum atomic E-state index is -0.935. The van der Waals surface area contributed by atoms with E-state index in [1.54, 1.807) is 6.07 Å².